The number of primary amides is 1. The van der Waals surface area contributed by atoms with Crippen LogP contribution in [0.15, 0.2) is 53.5 Å². The van der Waals surface area contributed by atoms with E-state index in [0.717, 1.165) is 18.4 Å². The summed E-state index contributed by atoms with van der Waals surface area (Å²) in [5.41, 5.74) is 8.66. The summed E-state index contributed by atoms with van der Waals surface area (Å²) in [4.78, 5) is 44.0. The highest BCUT2D eigenvalue weighted by molar-refractivity contribution is 6.20. The van der Waals surface area contributed by atoms with Gasteiger partial charge >= 0.3 is 6.18 Å². The third kappa shape index (κ3) is 6.79. The number of amides is 3. The third-order valence-electron chi connectivity index (χ3n) is 8.14. The van der Waals surface area contributed by atoms with Gasteiger partial charge in [0.15, 0.2) is 0 Å². The number of alkyl halides is 5. The second-order valence-electron chi connectivity index (χ2n) is 11.4. The van der Waals surface area contributed by atoms with Crippen molar-refractivity contribution in [2.75, 3.05) is 5.32 Å². The predicted octanol–water partition coefficient (Wildman–Crippen LogP) is 5.29. The number of nitrogens with two attached hydrogens (primary N) is 1. The standard InChI is InChI=1S/C30H31F5N4O3/c31-29(32)14-16(15-29)13-22(25(36)40)20(11-12-30(33,34)35)27(41)39-26-28(42)38-24-19(17-9-10-17)7-4-8-21(24)23(37-26)18-5-2-1-3-6-18/h1-8,16-17,20,22,26H,9-15H2,(H2,36,40)(H,38,42)(H,39,41)/t20?,22?,26-/m1/s1. The summed E-state index contributed by atoms with van der Waals surface area (Å²) in [7, 11) is 0. The minimum Gasteiger partial charge on any atom is -0.369 e. The Morgan fingerprint density at radius 3 is 2.33 bits per heavy atom. The van der Waals surface area contributed by atoms with Crippen molar-refractivity contribution in [3.8, 4) is 0 Å². The first-order chi connectivity index (χ1) is 19.8. The lowest BCUT2D eigenvalue weighted by atomic mass is 9.72. The van der Waals surface area contributed by atoms with Crippen LogP contribution in [-0.2, 0) is 14.4 Å². The van der Waals surface area contributed by atoms with E-state index in [2.05, 4.69) is 15.6 Å². The number of aliphatic imine (C=N–C) groups is 1. The Hall–Kier alpha value is -3.83. The molecule has 3 aliphatic rings. The number of hydrogen-bond donors (Lipinski definition) is 3. The Morgan fingerprint density at radius 1 is 1.05 bits per heavy atom. The summed E-state index contributed by atoms with van der Waals surface area (Å²) in [6.45, 7) is 0. The molecule has 42 heavy (non-hydrogen) atoms. The number of benzodiazepines with no additional fused rings is 1. The predicted molar refractivity (Wildman–Crippen MR) is 145 cm³/mol. The topological polar surface area (TPSA) is 114 Å². The second kappa shape index (κ2) is 11.4. The van der Waals surface area contributed by atoms with Crippen molar-refractivity contribution < 1.29 is 36.3 Å². The van der Waals surface area contributed by atoms with E-state index in [1.54, 1.807) is 36.4 Å². The SMILES string of the molecule is NC(=O)C(CC1CC(F)(F)C1)C(CCC(F)(F)F)C(=O)N[C@H]1N=C(c2ccccc2)c2cccc(C3CC3)c2NC1=O. The largest absolute Gasteiger partial charge is 0.389 e. The number of para-hydroxylation sites is 1. The molecule has 2 fully saturated rings. The number of benzene rings is 2. The Morgan fingerprint density at radius 2 is 1.74 bits per heavy atom. The molecule has 0 aromatic heterocycles. The number of nitrogens with one attached hydrogen (secondary N) is 2. The van der Waals surface area contributed by atoms with Crippen molar-refractivity contribution >= 4 is 29.1 Å². The van der Waals surface area contributed by atoms with Crippen LogP contribution in [0, 0.1) is 17.8 Å². The fourth-order valence-electron chi connectivity index (χ4n) is 5.88. The monoisotopic (exact) mass is 590 g/mol. The molecule has 2 aromatic carbocycles. The number of rotatable bonds is 10. The minimum absolute atomic E-state index is 0.255. The molecule has 2 unspecified atom stereocenters. The van der Waals surface area contributed by atoms with Crippen LogP contribution in [-0.4, -0.2) is 41.7 Å². The van der Waals surface area contributed by atoms with Gasteiger partial charge in [-0.15, -0.1) is 0 Å². The van der Waals surface area contributed by atoms with E-state index in [1.807, 2.05) is 12.1 Å². The first-order valence-electron chi connectivity index (χ1n) is 13.9. The molecular weight excluding hydrogens is 559 g/mol. The van der Waals surface area contributed by atoms with E-state index in [1.165, 1.54) is 0 Å². The zero-order chi connectivity index (χ0) is 30.2. The van der Waals surface area contributed by atoms with Gasteiger partial charge in [0.05, 0.1) is 11.4 Å². The molecule has 2 saturated carbocycles. The Bertz CT molecular complexity index is 1380. The average molecular weight is 591 g/mol. The van der Waals surface area contributed by atoms with Crippen molar-refractivity contribution in [1.29, 1.82) is 0 Å². The zero-order valence-corrected chi connectivity index (χ0v) is 22.6. The summed E-state index contributed by atoms with van der Waals surface area (Å²) in [6, 6.07) is 14.5. The summed E-state index contributed by atoms with van der Waals surface area (Å²) < 4.78 is 66.6. The second-order valence-corrected chi connectivity index (χ2v) is 11.4. The summed E-state index contributed by atoms with van der Waals surface area (Å²) in [5.74, 6) is -9.17. The van der Waals surface area contributed by atoms with E-state index in [4.69, 9.17) is 5.73 Å². The summed E-state index contributed by atoms with van der Waals surface area (Å²) in [6.07, 6.45) is -7.83. The van der Waals surface area contributed by atoms with Crippen LogP contribution in [0.25, 0.3) is 0 Å². The van der Waals surface area contributed by atoms with Crippen LogP contribution in [0.1, 0.15) is 67.6 Å². The highest BCUT2D eigenvalue weighted by Gasteiger charge is 2.48. The van der Waals surface area contributed by atoms with Crippen molar-refractivity contribution in [2.45, 2.75) is 69.1 Å². The van der Waals surface area contributed by atoms with Gasteiger partial charge < -0.3 is 16.4 Å². The minimum atomic E-state index is -4.65. The number of hydrogen-bond acceptors (Lipinski definition) is 4. The lowest BCUT2D eigenvalue weighted by molar-refractivity contribution is -0.149. The molecule has 2 aromatic rings. The van der Waals surface area contributed by atoms with Gasteiger partial charge in [-0.1, -0.05) is 48.5 Å². The first kappa shape index (κ1) is 29.7. The molecule has 0 saturated heterocycles. The maximum absolute atomic E-state index is 13.6. The Balaban J connectivity index is 1.46. The molecule has 0 radical (unpaired) electrons. The van der Waals surface area contributed by atoms with Gasteiger partial charge in [-0.05, 0) is 43.1 Å². The molecule has 224 valence electrons. The van der Waals surface area contributed by atoms with Crippen molar-refractivity contribution in [3.05, 3.63) is 65.2 Å². The smallest absolute Gasteiger partial charge is 0.369 e. The van der Waals surface area contributed by atoms with E-state index in [-0.39, 0.29) is 12.3 Å². The highest BCUT2D eigenvalue weighted by Crippen LogP contribution is 2.47. The van der Waals surface area contributed by atoms with Crippen molar-refractivity contribution in [3.63, 3.8) is 0 Å². The Kier molecular flexibility index (Phi) is 8.08. The van der Waals surface area contributed by atoms with Gasteiger partial charge in [0.2, 0.25) is 23.9 Å². The van der Waals surface area contributed by atoms with Gasteiger partial charge in [-0.2, -0.15) is 13.2 Å². The molecule has 2 aliphatic carbocycles. The average Bonchev–Trinajstić information content (AvgIpc) is 3.75. The number of carbonyl (C=O) groups excluding carboxylic acids is 3. The normalized spacial score (nSPS) is 21.6. The van der Waals surface area contributed by atoms with E-state index < -0.39 is 79.4 Å². The van der Waals surface area contributed by atoms with Crippen LogP contribution >= 0.6 is 0 Å². The molecule has 3 atom stereocenters. The van der Waals surface area contributed by atoms with Crippen molar-refractivity contribution in [2.24, 2.45) is 28.5 Å². The number of nitrogens with zero attached hydrogens (tertiary/aromatic N) is 1. The van der Waals surface area contributed by atoms with Gasteiger partial charge in [0, 0.05) is 42.2 Å². The van der Waals surface area contributed by atoms with E-state index in [0.29, 0.717) is 22.5 Å². The van der Waals surface area contributed by atoms with Crippen LogP contribution < -0.4 is 16.4 Å². The lowest BCUT2D eigenvalue weighted by Gasteiger charge is -2.38. The molecule has 5 rings (SSSR count). The van der Waals surface area contributed by atoms with Crippen LogP contribution in [0.2, 0.25) is 0 Å². The molecule has 12 heteroatoms. The van der Waals surface area contributed by atoms with Gasteiger partial charge in [0.1, 0.15) is 0 Å². The number of anilines is 1. The van der Waals surface area contributed by atoms with E-state index in [9.17, 15) is 36.3 Å². The summed E-state index contributed by atoms with van der Waals surface area (Å²) in [5, 5.41) is 5.29. The van der Waals surface area contributed by atoms with Gasteiger partial charge in [-0.3, -0.25) is 14.4 Å². The molecule has 7 nitrogen and oxygen atoms in total. The van der Waals surface area contributed by atoms with Crippen LogP contribution in [0.3, 0.4) is 0 Å². The fourth-order valence-corrected chi connectivity index (χ4v) is 5.88. The van der Waals surface area contributed by atoms with Gasteiger partial charge in [0.25, 0.3) is 5.91 Å². The van der Waals surface area contributed by atoms with E-state index >= 15 is 0 Å². The third-order valence-corrected chi connectivity index (χ3v) is 8.14. The molecule has 1 aliphatic heterocycles. The number of fused-ring (bicyclic) bond motifs is 1. The molecule has 4 N–H and O–H groups in total. The summed E-state index contributed by atoms with van der Waals surface area (Å²) >= 11 is 0. The lowest BCUT2D eigenvalue weighted by Crippen LogP contribution is -2.49. The van der Waals surface area contributed by atoms with Crippen molar-refractivity contribution in [1.82, 2.24) is 5.32 Å². The fraction of sp³-hybridized carbons (Fsp3) is 0.467. The Labute approximate surface area is 239 Å². The first-order valence-corrected chi connectivity index (χ1v) is 13.9. The number of halogens is 5. The maximum atomic E-state index is 13.6. The highest BCUT2D eigenvalue weighted by atomic mass is 19.4. The quantitative estimate of drug-likeness (QED) is 0.327. The molecule has 1 heterocycles. The van der Waals surface area contributed by atoms with Crippen LogP contribution in [0.5, 0.6) is 0 Å². The number of carbonyl (C=O) groups is 3. The molecule has 0 spiro atoms. The van der Waals surface area contributed by atoms with Gasteiger partial charge in [-0.25, -0.2) is 13.8 Å². The molecule has 3 amide bonds. The van der Waals surface area contributed by atoms with Crippen LogP contribution in [0.4, 0.5) is 27.6 Å². The zero-order valence-electron chi connectivity index (χ0n) is 22.6. The maximum Gasteiger partial charge on any atom is 0.389 e. The molecule has 0 bridgehead atoms. The molecular formula is C30H31F5N4O3.